The van der Waals surface area contributed by atoms with Crippen LogP contribution in [0, 0.1) is 0 Å². The third-order valence-electron chi connectivity index (χ3n) is 6.10. The second-order valence-electron chi connectivity index (χ2n) is 7.76. The van der Waals surface area contributed by atoms with Crippen molar-refractivity contribution in [1.29, 1.82) is 0 Å². The van der Waals surface area contributed by atoms with Crippen LogP contribution < -0.4 is 4.90 Å². The molecule has 3 aromatic rings. The molecule has 1 saturated heterocycles. The molecule has 3 heterocycles. The monoisotopic (exact) mass is 481 g/mol. The molecule has 0 saturated carbocycles. The van der Waals surface area contributed by atoms with E-state index in [1.54, 1.807) is 24.3 Å². The number of nitrogens with zero attached hydrogens (tertiary/aromatic N) is 2. The maximum Gasteiger partial charge on any atom is 0.339 e. The van der Waals surface area contributed by atoms with Crippen molar-refractivity contribution in [2.45, 2.75) is 25.4 Å². The fourth-order valence-corrected chi connectivity index (χ4v) is 5.06. The summed E-state index contributed by atoms with van der Waals surface area (Å²) in [6.07, 6.45) is 0.864. The van der Waals surface area contributed by atoms with E-state index in [2.05, 4.69) is 31.9 Å². The van der Waals surface area contributed by atoms with Crippen LogP contribution in [0.1, 0.15) is 28.0 Å². The average Bonchev–Trinajstić information content (AvgIpc) is 3.30. The Morgan fingerprint density at radius 2 is 1.97 bits per heavy atom. The smallest absolute Gasteiger partial charge is 0.339 e. The van der Waals surface area contributed by atoms with Crippen LogP contribution in [0.25, 0.3) is 10.9 Å². The number of carbonyl (C=O) groups is 3. The number of halogens is 1. The number of benzene rings is 2. The number of aromatic nitrogens is 1. The summed E-state index contributed by atoms with van der Waals surface area (Å²) >= 11 is 3.59. The Kier molecular flexibility index (Phi) is 4.91. The highest BCUT2D eigenvalue weighted by Gasteiger charge is 2.44. The molecule has 8 heteroatoms. The number of amides is 2. The predicted octanol–water partition coefficient (Wildman–Crippen LogP) is 3.41. The molecule has 2 aliphatic heterocycles. The van der Waals surface area contributed by atoms with Crippen LogP contribution in [0.4, 0.5) is 5.69 Å². The van der Waals surface area contributed by atoms with E-state index < -0.39 is 12.0 Å². The second-order valence-corrected chi connectivity index (χ2v) is 8.62. The largest absolute Gasteiger partial charge is 0.465 e. The first-order chi connectivity index (χ1) is 15.0. The lowest BCUT2D eigenvalue weighted by Crippen LogP contribution is -2.44. The van der Waals surface area contributed by atoms with Crippen molar-refractivity contribution in [2.24, 2.45) is 0 Å². The number of aromatic amines is 1. The molecule has 158 valence electrons. The van der Waals surface area contributed by atoms with Gasteiger partial charge in [-0.1, -0.05) is 24.3 Å². The number of ether oxygens (including phenoxy) is 1. The van der Waals surface area contributed by atoms with E-state index in [-0.39, 0.29) is 29.5 Å². The normalized spacial score (nSPS) is 19.2. The van der Waals surface area contributed by atoms with Gasteiger partial charge in [0.15, 0.2) is 0 Å². The first kappa shape index (κ1) is 20.0. The van der Waals surface area contributed by atoms with E-state index in [9.17, 15) is 14.4 Å². The minimum absolute atomic E-state index is 0.0930. The first-order valence-electron chi connectivity index (χ1n) is 10.1. The summed E-state index contributed by atoms with van der Waals surface area (Å²) in [6.45, 7) is 1.26. The third-order valence-corrected chi connectivity index (χ3v) is 6.76. The molecule has 5 rings (SSSR count). The molecule has 1 fully saturated rings. The standard InChI is InChI=1S/C23H20BrN3O4/c1-31-23(30)14-5-2-3-8-18(14)27-20(28)11-19(22(27)29)26-10-9-17-15(12-26)13-6-4-7-16(24)21(13)25-17/h2-8,19,25H,9-12H2,1H3/t19-/m0/s1. The Bertz CT molecular complexity index is 1230. The minimum atomic E-state index is -0.577. The molecule has 1 aromatic heterocycles. The molecule has 0 radical (unpaired) electrons. The van der Waals surface area contributed by atoms with Crippen LogP contribution in [-0.2, 0) is 27.3 Å². The highest BCUT2D eigenvalue weighted by atomic mass is 79.9. The molecule has 7 nitrogen and oxygen atoms in total. The van der Waals surface area contributed by atoms with Gasteiger partial charge in [-0.15, -0.1) is 0 Å². The average molecular weight is 482 g/mol. The number of nitrogens with one attached hydrogen (secondary N) is 1. The summed E-state index contributed by atoms with van der Waals surface area (Å²) < 4.78 is 5.83. The maximum absolute atomic E-state index is 13.3. The number of esters is 1. The van der Waals surface area contributed by atoms with Gasteiger partial charge >= 0.3 is 5.97 Å². The number of rotatable bonds is 3. The number of carbonyl (C=O) groups excluding carboxylic acids is 3. The number of H-pyrrole nitrogens is 1. The summed E-state index contributed by atoms with van der Waals surface area (Å²) in [5.74, 6) is -1.18. The molecule has 0 spiro atoms. The van der Waals surface area contributed by atoms with Crippen LogP contribution in [0.2, 0.25) is 0 Å². The quantitative estimate of drug-likeness (QED) is 0.457. The molecule has 1 atom stereocenters. The van der Waals surface area contributed by atoms with Crippen molar-refractivity contribution in [1.82, 2.24) is 9.88 Å². The van der Waals surface area contributed by atoms with Crippen LogP contribution in [0.5, 0.6) is 0 Å². The van der Waals surface area contributed by atoms with Gasteiger partial charge in [-0.2, -0.15) is 0 Å². The van der Waals surface area contributed by atoms with E-state index in [0.717, 1.165) is 32.3 Å². The molecule has 0 bridgehead atoms. The molecule has 31 heavy (non-hydrogen) atoms. The number of anilines is 1. The molecule has 1 N–H and O–H groups in total. The topological polar surface area (TPSA) is 82.7 Å². The van der Waals surface area contributed by atoms with Gasteiger partial charge in [0, 0.05) is 35.1 Å². The minimum Gasteiger partial charge on any atom is -0.465 e. The zero-order chi connectivity index (χ0) is 21.7. The summed E-state index contributed by atoms with van der Waals surface area (Å²) in [4.78, 5) is 45.1. The molecule has 2 aliphatic rings. The fourth-order valence-electron chi connectivity index (χ4n) is 4.59. The number of imide groups is 1. The van der Waals surface area contributed by atoms with Gasteiger partial charge in [0.25, 0.3) is 5.91 Å². The van der Waals surface area contributed by atoms with Gasteiger partial charge < -0.3 is 9.72 Å². The Hall–Kier alpha value is -2.97. The van der Waals surface area contributed by atoms with E-state index in [0.29, 0.717) is 13.1 Å². The highest BCUT2D eigenvalue weighted by molar-refractivity contribution is 9.10. The Balaban J connectivity index is 1.46. The van der Waals surface area contributed by atoms with Crippen molar-refractivity contribution in [3.05, 3.63) is 63.8 Å². The lowest BCUT2D eigenvalue weighted by Gasteiger charge is -2.31. The molecule has 2 amide bonds. The van der Waals surface area contributed by atoms with Crippen LogP contribution in [0.15, 0.2) is 46.9 Å². The summed E-state index contributed by atoms with van der Waals surface area (Å²) in [7, 11) is 1.28. The molecule has 0 unspecified atom stereocenters. The van der Waals surface area contributed by atoms with Gasteiger partial charge in [0.2, 0.25) is 5.91 Å². The molecule has 2 aromatic carbocycles. The summed E-state index contributed by atoms with van der Waals surface area (Å²) in [5, 5.41) is 1.12. The lowest BCUT2D eigenvalue weighted by molar-refractivity contribution is -0.123. The zero-order valence-corrected chi connectivity index (χ0v) is 18.4. The van der Waals surface area contributed by atoms with Crippen molar-refractivity contribution in [3.8, 4) is 0 Å². The molecular formula is C23H20BrN3O4. The van der Waals surface area contributed by atoms with Gasteiger partial charge in [-0.05, 0) is 39.7 Å². The number of hydrogen-bond acceptors (Lipinski definition) is 5. The van der Waals surface area contributed by atoms with E-state index in [1.807, 2.05) is 12.1 Å². The second kappa shape index (κ2) is 7.62. The van der Waals surface area contributed by atoms with Crippen molar-refractivity contribution in [3.63, 3.8) is 0 Å². The van der Waals surface area contributed by atoms with E-state index in [4.69, 9.17) is 4.74 Å². The Morgan fingerprint density at radius 1 is 1.16 bits per heavy atom. The highest BCUT2D eigenvalue weighted by Crippen LogP contribution is 2.35. The van der Waals surface area contributed by atoms with Crippen molar-refractivity contribution < 1.29 is 19.1 Å². The summed E-state index contributed by atoms with van der Waals surface area (Å²) in [6, 6.07) is 12.1. The van der Waals surface area contributed by atoms with Gasteiger partial charge in [0.1, 0.15) is 0 Å². The summed E-state index contributed by atoms with van der Waals surface area (Å²) in [5.41, 5.74) is 3.87. The van der Waals surface area contributed by atoms with E-state index >= 15 is 0 Å². The predicted molar refractivity (Wildman–Crippen MR) is 119 cm³/mol. The van der Waals surface area contributed by atoms with Crippen LogP contribution in [-0.4, -0.2) is 47.4 Å². The van der Waals surface area contributed by atoms with Gasteiger partial charge in [-0.3, -0.25) is 14.5 Å². The van der Waals surface area contributed by atoms with Gasteiger partial charge in [-0.25, -0.2) is 9.69 Å². The maximum atomic E-state index is 13.3. The van der Waals surface area contributed by atoms with Crippen molar-refractivity contribution >= 4 is 50.3 Å². The van der Waals surface area contributed by atoms with Crippen LogP contribution >= 0.6 is 15.9 Å². The number of para-hydroxylation sites is 2. The third kappa shape index (κ3) is 3.18. The lowest BCUT2D eigenvalue weighted by atomic mass is 10.0. The Labute approximate surface area is 187 Å². The number of hydrogen-bond donors (Lipinski definition) is 1. The van der Waals surface area contributed by atoms with Crippen molar-refractivity contribution in [2.75, 3.05) is 18.6 Å². The number of methoxy groups -OCH3 is 1. The Morgan fingerprint density at radius 3 is 2.77 bits per heavy atom. The SMILES string of the molecule is COC(=O)c1ccccc1N1C(=O)C[C@H](N2CCc3[nH]c4c(Br)cccc4c3C2)C1=O. The first-order valence-corrected chi connectivity index (χ1v) is 10.8. The molecular weight excluding hydrogens is 462 g/mol. The van der Waals surface area contributed by atoms with Crippen LogP contribution in [0.3, 0.4) is 0 Å². The fraction of sp³-hybridized carbons (Fsp3) is 0.261. The zero-order valence-electron chi connectivity index (χ0n) is 16.9. The molecule has 0 aliphatic carbocycles. The van der Waals surface area contributed by atoms with Gasteiger partial charge in [0.05, 0.1) is 36.3 Å². The number of fused-ring (bicyclic) bond motifs is 3. The van der Waals surface area contributed by atoms with E-state index in [1.165, 1.54) is 12.8 Å².